The van der Waals surface area contributed by atoms with Gasteiger partial charge in [-0.25, -0.2) is 0 Å². The maximum atomic E-state index is 11.4. The maximum absolute atomic E-state index is 11.4. The largest absolute Gasteiger partial charge is 0.494 e. The number of halogens is 1. The molecule has 3 aromatic rings. The fraction of sp³-hybridized carbons (Fsp3) is 0.200. The number of nitrogens with one attached hydrogen (secondary N) is 1. The van der Waals surface area contributed by atoms with Gasteiger partial charge in [0, 0.05) is 6.42 Å². The van der Waals surface area contributed by atoms with Crippen molar-refractivity contribution in [1.82, 2.24) is 4.98 Å². The second-order valence-corrected chi connectivity index (χ2v) is 7.78. The van der Waals surface area contributed by atoms with Crippen LogP contribution in [-0.4, -0.2) is 29.2 Å². The van der Waals surface area contributed by atoms with Gasteiger partial charge in [0.15, 0.2) is 0 Å². The minimum absolute atomic E-state index is 0.122. The first-order valence-electron chi connectivity index (χ1n) is 8.65. The Morgan fingerprint density at radius 2 is 1.93 bits per heavy atom. The molecular weight excluding hydrogens is 416 g/mol. The smallest absolute Gasteiger partial charge is 0.322 e. The Morgan fingerprint density at radius 3 is 2.52 bits per heavy atom. The number of methoxy groups -OCH3 is 1. The molecule has 7 nitrogen and oxygen atoms in total. The minimum atomic E-state index is -0.716. The van der Waals surface area contributed by atoms with Gasteiger partial charge in [0.05, 0.1) is 17.0 Å². The molecular formula is C20H19ClN2O5S. The molecule has 0 aliphatic rings. The predicted octanol–water partition coefficient (Wildman–Crippen LogP) is 3.22. The van der Waals surface area contributed by atoms with Gasteiger partial charge < -0.3 is 20.3 Å². The molecule has 0 saturated carbocycles. The summed E-state index contributed by atoms with van der Waals surface area (Å²) in [6, 6.07) is 11.7. The molecule has 29 heavy (non-hydrogen) atoms. The normalized spacial score (nSPS) is 11.8. The van der Waals surface area contributed by atoms with Crippen LogP contribution in [0, 0.1) is 0 Å². The number of aromatic nitrogens is 1. The second-order valence-electron chi connectivity index (χ2n) is 6.31. The molecule has 3 rings (SSSR count). The first kappa shape index (κ1) is 20.9. The number of H-pyrrole nitrogens is 1. The summed E-state index contributed by atoms with van der Waals surface area (Å²) in [5, 5.41) is 10.1. The van der Waals surface area contributed by atoms with Gasteiger partial charge in [-0.2, -0.15) is 0 Å². The third kappa shape index (κ3) is 5.38. The van der Waals surface area contributed by atoms with E-state index in [1.165, 1.54) is 7.11 Å². The van der Waals surface area contributed by atoms with Crippen LogP contribution in [0.25, 0.3) is 0 Å². The van der Waals surface area contributed by atoms with Crippen molar-refractivity contribution in [2.75, 3.05) is 7.11 Å². The lowest BCUT2D eigenvalue weighted by atomic mass is 10.1. The molecule has 9 heteroatoms. The molecule has 0 unspecified atom stereocenters. The summed E-state index contributed by atoms with van der Waals surface area (Å²) in [5.41, 5.74) is 7.47. The quantitative estimate of drug-likeness (QED) is 0.492. The molecule has 0 amide bonds. The van der Waals surface area contributed by atoms with E-state index in [0.29, 0.717) is 34.2 Å². The zero-order chi connectivity index (χ0) is 21.0. The lowest BCUT2D eigenvalue weighted by molar-refractivity contribution is -0.142. The molecule has 0 radical (unpaired) electrons. The number of carbonyl (C=O) groups is 1. The van der Waals surface area contributed by atoms with Crippen LogP contribution in [0.4, 0.5) is 0 Å². The number of esters is 1. The molecule has 1 heterocycles. The summed E-state index contributed by atoms with van der Waals surface area (Å²) in [6.07, 6.45) is 0.741. The molecule has 4 N–H and O–H groups in total. The Morgan fingerprint density at radius 1 is 1.24 bits per heavy atom. The average molecular weight is 435 g/mol. The minimum Gasteiger partial charge on any atom is -0.494 e. The van der Waals surface area contributed by atoms with Crippen molar-refractivity contribution in [2.24, 2.45) is 5.73 Å². The Balaban J connectivity index is 1.66. The summed E-state index contributed by atoms with van der Waals surface area (Å²) in [4.78, 5) is 25.3. The molecule has 1 aromatic heterocycles. The Labute approximate surface area is 175 Å². The van der Waals surface area contributed by atoms with E-state index in [2.05, 4.69) is 9.72 Å². The standard InChI is InChI=1S/C20H19ClN2O5S/c1-27-19(25)15(22)9-11-2-5-13(6-3-11)28-16-7-4-12(8-14(16)21)10-17-18(24)23-20(26)29-17/h2-8,15,24H,9-10,22H2,1H3,(H,23,26)/t15-/m1/s1. The first-order valence-corrected chi connectivity index (χ1v) is 9.84. The van der Waals surface area contributed by atoms with Crippen molar-refractivity contribution in [3.8, 4) is 17.4 Å². The van der Waals surface area contributed by atoms with E-state index >= 15 is 0 Å². The van der Waals surface area contributed by atoms with Gasteiger partial charge in [-0.1, -0.05) is 41.1 Å². The number of hydrogen-bond donors (Lipinski definition) is 3. The molecule has 0 spiro atoms. The fourth-order valence-electron chi connectivity index (χ4n) is 2.70. The maximum Gasteiger partial charge on any atom is 0.322 e. The molecule has 0 fully saturated rings. The highest BCUT2D eigenvalue weighted by molar-refractivity contribution is 7.09. The van der Waals surface area contributed by atoms with Crippen LogP contribution in [0.5, 0.6) is 17.4 Å². The Hall–Kier alpha value is -2.81. The number of carbonyl (C=O) groups excluding carboxylic acids is 1. The van der Waals surface area contributed by atoms with Crippen LogP contribution >= 0.6 is 22.9 Å². The number of aromatic hydroxyl groups is 1. The Kier molecular flexibility index (Phi) is 6.58. The summed E-state index contributed by atoms with van der Waals surface area (Å²) in [5.74, 6) is 0.471. The van der Waals surface area contributed by atoms with Crippen molar-refractivity contribution in [3.63, 3.8) is 0 Å². The predicted molar refractivity (Wildman–Crippen MR) is 111 cm³/mol. The highest BCUT2D eigenvalue weighted by Crippen LogP contribution is 2.32. The van der Waals surface area contributed by atoms with Crippen molar-refractivity contribution < 1.29 is 19.4 Å². The lowest BCUT2D eigenvalue weighted by Crippen LogP contribution is -2.33. The fourth-order valence-corrected chi connectivity index (χ4v) is 3.70. The van der Waals surface area contributed by atoms with Crippen LogP contribution in [0.2, 0.25) is 5.02 Å². The van der Waals surface area contributed by atoms with E-state index in [9.17, 15) is 14.7 Å². The van der Waals surface area contributed by atoms with Crippen LogP contribution in [0.1, 0.15) is 16.0 Å². The van der Waals surface area contributed by atoms with E-state index in [1.54, 1.807) is 24.3 Å². The molecule has 2 aromatic carbocycles. The van der Waals surface area contributed by atoms with Gasteiger partial charge in [-0.05, 0) is 41.8 Å². The van der Waals surface area contributed by atoms with E-state index in [4.69, 9.17) is 22.1 Å². The number of benzene rings is 2. The van der Waals surface area contributed by atoms with E-state index < -0.39 is 12.0 Å². The molecule has 0 aliphatic carbocycles. The van der Waals surface area contributed by atoms with Gasteiger partial charge in [0.1, 0.15) is 17.5 Å². The molecule has 0 bridgehead atoms. The average Bonchev–Trinajstić information content (AvgIpc) is 3.01. The zero-order valence-corrected chi connectivity index (χ0v) is 17.0. The van der Waals surface area contributed by atoms with E-state index in [-0.39, 0.29) is 10.8 Å². The van der Waals surface area contributed by atoms with Gasteiger partial charge >= 0.3 is 10.8 Å². The molecule has 152 valence electrons. The first-order chi connectivity index (χ1) is 13.9. The highest BCUT2D eigenvalue weighted by Gasteiger charge is 2.14. The lowest BCUT2D eigenvalue weighted by Gasteiger charge is -2.11. The van der Waals surface area contributed by atoms with E-state index in [0.717, 1.165) is 22.5 Å². The van der Waals surface area contributed by atoms with Crippen molar-refractivity contribution >= 4 is 28.9 Å². The van der Waals surface area contributed by atoms with Gasteiger partial charge in [0.2, 0.25) is 5.88 Å². The third-order valence-corrected chi connectivity index (χ3v) is 5.34. The number of rotatable bonds is 7. The van der Waals surface area contributed by atoms with Crippen LogP contribution in [0.3, 0.4) is 0 Å². The summed E-state index contributed by atoms with van der Waals surface area (Å²) >= 11 is 7.28. The number of ether oxygens (including phenoxy) is 2. The topological polar surface area (TPSA) is 115 Å². The van der Waals surface area contributed by atoms with Crippen molar-refractivity contribution in [1.29, 1.82) is 0 Å². The third-order valence-electron chi connectivity index (χ3n) is 4.17. The number of aromatic amines is 1. The van der Waals surface area contributed by atoms with Crippen molar-refractivity contribution in [2.45, 2.75) is 18.9 Å². The number of nitrogens with two attached hydrogens (primary N) is 1. The molecule has 0 saturated heterocycles. The van der Waals surface area contributed by atoms with Gasteiger partial charge in [-0.3, -0.25) is 14.6 Å². The monoisotopic (exact) mass is 434 g/mol. The van der Waals surface area contributed by atoms with Crippen molar-refractivity contribution in [3.05, 3.63) is 73.2 Å². The zero-order valence-electron chi connectivity index (χ0n) is 15.5. The van der Waals surface area contributed by atoms with E-state index in [1.807, 2.05) is 18.2 Å². The summed E-state index contributed by atoms with van der Waals surface area (Å²) in [6.45, 7) is 0. The second kappa shape index (κ2) is 9.13. The highest BCUT2D eigenvalue weighted by atomic mass is 35.5. The van der Waals surface area contributed by atoms with Crippen LogP contribution < -0.4 is 15.3 Å². The van der Waals surface area contributed by atoms with Gasteiger partial charge in [0.25, 0.3) is 0 Å². The Bertz CT molecular complexity index is 1060. The number of thiazole rings is 1. The number of hydrogen-bond acceptors (Lipinski definition) is 7. The molecule has 1 atom stereocenters. The summed E-state index contributed by atoms with van der Waals surface area (Å²) < 4.78 is 10.4. The SMILES string of the molecule is COC(=O)[C@H](N)Cc1ccc(Oc2ccc(Cc3sc(=O)[nH]c3O)cc2Cl)cc1. The van der Waals surface area contributed by atoms with Crippen LogP contribution in [-0.2, 0) is 22.4 Å². The van der Waals surface area contributed by atoms with Crippen LogP contribution in [0.15, 0.2) is 47.3 Å². The molecule has 0 aliphatic heterocycles. The van der Waals surface area contributed by atoms with Gasteiger partial charge in [-0.15, -0.1) is 0 Å². The summed E-state index contributed by atoms with van der Waals surface area (Å²) in [7, 11) is 1.30.